The SMILES string of the molecule is CC(C)c1nc(NC(C)(C)CO)nc(N(C)C)n1. The molecule has 0 aliphatic carbocycles. The van der Waals surface area contributed by atoms with Crippen LogP contribution in [0.15, 0.2) is 0 Å². The number of nitrogens with zero attached hydrogens (tertiary/aromatic N) is 4. The maximum absolute atomic E-state index is 9.27. The van der Waals surface area contributed by atoms with Crippen molar-refractivity contribution in [1.82, 2.24) is 15.0 Å². The smallest absolute Gasteiger partial charge is 0.229 e. The summed E-state index contributed by atoms with van der Waals surface area (Å²) in [5.74, 6) is 2.08. The second kappa shape index (κ2) is 5.48. The van der Waals surface area contributed by atoms with Crippen LogP contribution in [0.1, 0.15) is 39.4 Å². The topological polar surface area (TPSA) is 74.2 Å². The van der Waals surface area contributed by atoms with Crippen LogP contribution in [-0.2, 0) is 0 Å². The summed E-state index contributed by atoms with van der Waals surface area (Å²) in [5.41, 5.74) is -0.459. The molecule has 0 radical (unpaired) electrons. The van der Waals surface area contributed by atoms with E-state index in [1.54, 1.807) is 0 Å². The Balaban J connectivity index is 3.11. The first-order chi connectivity index (χ1) is 8.25. The third-order valence-corrected chi connectivity index (χ3v) is 2.40. The summed E-state index contributed by atoms with van der Waals surface area (Å²) >= 11 is 0. The Labute approximate surface area is 108 Å². The monoisotopic (exact) mass is 253 g/mol. The molecule has 18 heavy (non-hydrogen) atoms. The van der Waals surface area contributed by atoms with Crippen LogP contribution in [0.3, 0.4) is 0 Å². The fourth-order valence-electron chi connectivity index (χ4n) is 1.24. The molecule has 1 heterocycles. The number of aliphatic hydroxyl groups excluding tert-OH is 1. The van der Waals surface area contributed by atoms with Crippen LogP contribution >= 0.6 is 0 Å². The Hall–Kier alpha value is -1.43. The molecule has 0 aliphatic heterocycles. The number of rotatable bonds is 5. The second-order valence-electron chi connectivity index (χ2n) is 5.53. The summed E-state index contributed by atoms with van der Waals surface area (Å²) in [6.07, 6.45) is 0. The minimum Gasteiger partial charge on any atom is -0.394 e. The summed E-state index contributed by atoms with van der Waals surface area (Å²) < 4.78 is 0. The van der Waals surface area contributed by atoms with Gasteiger partial charge in [-0.1, -0.05) is 13.8 Å². The summed E-state index contributed by atoms with van der Waals surface area (Å²) in [7, 11) is 3.78. The fourth-order valence-corrected chi connectivity index (χ4v) is 1.24. The van der Waals surface area contributed by atoms with E-state index < -0.39 is 5.54 Å². The Bertz CT molecular complexity index is 377. The zero-order valence-corrected chi connectivity index (χ0v) is 12.0. The fraction of sp³-hybridized carbons (Fsp3) is 0.750. The number of aliphatic hydroxyl groups is 1. The van der Waals surface area contributed by atoms with Gasteiger partial charge in [0.25, 0.3) is 0 Å². The quantitative estimate of drug-likeness (QED) is 0.822. The van der Waals surface area contributed by atoms with Crippen molar-refractivity contribution in [1.29, 1.82) is 0 Å². The molecule has 2 N–H and O–H groups in total. The van der Waals surface area contributed by atoms with Crippen LogP contribution in [0.4, 0.5) is 11.9 Å². The van der Waals surface area contributed by atoms with Gasteiger partial charge >= 0.3 is 0 Å². The van der Waals surface area contributed by atoms with Crippen LogP contribution in [-0.4, -0.2) is 46.3 Å². The van der Waals surface area contributed by atoms with Gasteiger partial charge < -0.3 is 15.3 Å². The molecular formula is C12H23N5O. The molecule has 0 aliphatic rings. The van der Waals surface area contributed by atoms with E-state index >= 15 is 0 Å². The second-order valence-corrected chi connectivity index (χ2v) is 5.53. The molecule has 0 saturated heterocycles. The van der Waals surface area contributed by atoms with E-state index in [2.05, 4.69) is 20.3 Å². The molecule has 0 bridgehead atoms. The van der Waals surface area contributed by atoms with Gasteiger partial charge in [-0.05, 0) is 13.8 Å². The van der Waals surface area contributed by atoms with Crippen molar-refractivity contribution in [3.63, 3.8) is 0 Å². The van der Waals surface area contributed by atoms with Crippen molar-refractivity contribution in [2.45, 2.75) is 39.2 Å². The highest BCUT2D eigenvalue weighted by Gasteiger charge is 2.19. The standard InChI is InChI=1S/C12H23N5O/c1-8(2)9-13-10(16-12(3,4)7-18)15-11(14-9)17(5)6/h8,18H,7H2,1-6H3,(H,13,14,15,16). The number of hydrogen-bond acceptors (Lipinski definition) is 6. The average Bonchev–Trinajstić information content (AvgIpc) is 2.27. The molecule has 102 valence electrons. The Morgan fingerprint density at radius 2 is 1.83 bits per heavy atom. The molecule has 1 aromatic rings. The first-order valence-electron chi connectivity index (χ1n) is 6.07. The number of hydrogen-bond donors (Lipinski definition) is 2. The van der Waals surface area contributed by atoms with Gasteiger partial charge in [-0.2, -0.15) is 15.0 Å². The van der Waals surface area contributed by atoms with Crippen molar-refractivity contribution in [2.24, 2.45) is 0 Å². The molecular weight excluding hydrogens is 230 g/mol. The van der Waals surface area contributed by atoms with Gasteiger partial charge in [0.05, 0.1) is 12.1 Å². The summed E-state index contributed by atoms with van der Waals surface area (Å²) in [5, 5.41) is 12.4. The van der Waals surface area contributed by atoms with E-state index in [4.69, 9.17) is 0 Å². The molecule has 0 aromatic carbocycles. The van der Waals surface area contributed by atoms with E-state index in [-0.39, 0.29) is 12.5 Å². The summed E-state index contributed by atoms with van der Waals surface area (Å²) in [6.45, 7) is 7.86. The highest BCUT2D eigenvalue weighted by molar-refractivity contribution is 5.37. The lowest BCUT2D eigenvalue weighted by Crippen LogP contribution is -2.36. The molecule has 1 aromatic heterocycles. The van der Waals surface area contributed by atoms with Gasteiger partial charge in [-0.15, -0.1) is 0 Å². The molecule has 1 rings (SSSR count). The van der Waals surface area contributed by atoms with Gasteiger partial charge in [-0.3, -0.25) is 0 Å². The minimum atomic E-state index is -0.459. The van der Waals surface area contributed by atoms with Crippen LogP contribution in [0.5, 0.6) is 0 Å². The maximum atomic E-state index is 9.27. The molecule has 6 heteroatoms. The largest absolute Gasteiger partial charge is 0.394 e. The molecule has 0 saturated carbocycles. The first-order valence-corrected chi connectivity index (χ1v) is 6.07. The molecule has 0 atom stereocenters. The lowest BCUT2D eigenvalue weighted by atomic mass is 10.1. The van der Waals surface area contributed by atoms with Crippen LogP contribution in [0.25, 0.3) is 0 Å². The highest BCUT2D eigenvalue weighted by Crippen LogP contribution is 2.17. The van der Waals surface area contributed by atoms with Crippen molar-refractivity contribution in [3.8, 4) is 0 Å². The Morgan fingerprint density at radius 1 is 1.22 bits per heavy atom. The molecule has 6 nitrogen and oxygen atoms in total. The zero-order valence-electron chi connectivity index (χ0n) is 12.0. The normalized spacial score (nSPS) is 11.8. The van der Waals surface area contributed by atoms with E-state index in [0.29, 0.717) is 11.9 Å². The Morgan fingerprint density at radius 3 is 2.28 bits per heavy atom. The molecule has 0 fully saturated rings. The number of anilines is 2. The first kappa shape index (κ1) is 14.6. The van der Waals surface area contributed by atoms with E-state index in [1.807, 2.05) is 46.7 Å². The molecule has 0 unspecified atom stereocenters. The summed E-state index contributed by atoms with van der Waals surface area (Å²) in [4.78, 5) is 14.9. The summed E-state index contributed by atoms with van der Waals surface area (Å²) in [6, 6.07) is 0. The van der Waals surface area contributed by atoms with E-state index in [9.17, 15) is 5.11 Å². The predicted molar refractivity (Wildman–Crippen MR) is 73.0 cm³/mol. The predicted octanol–water partition coefficient (Wildman–Crippen LogP) is 1.24. The Kier molecular flexibility index (Phi) is 4.45. The molecule has 0 amide bonds. The van der Waals surface area contributed by atoms with Gasteiger partial charge in [0.15, 0.2) is 0 Å². The minimum absolute atomic E-state index is 0.00694. The van der Waals surface area contributed by atoms with E-state index in [0.717, 1.165) is 5.82 Å². The van der Waals surface area contributed by atoms with Crippen LogP contribution in [0, 0.1) is 0 Å². The van der Waals surface area contributed by atoms with Gasteiger partial charge in [-0.25, -0.2) is 0 Å². The average molecular weight is 253 g/mol. The number of aromatic nitrogens is 3. The van der Waals surface area contributed by atoms with Gasteiger partial charge in [0, 0.05) is 20.0 Å². The van der Waals surface area contributed by atoms with Gasteiger partial charge in [0.2, 0.25) is 11.9 Å². The highest BCUT2D eigenvalue weighted by atomic mass is 16.3. The third kappa shape index (κ3) is 3.80. The van der Waals surface area contributed by atoms with Crippen molar-refractivity contribution in [3.05, 3.63) is 5.82 Å². The lowest BCUT2D eigenvalue weighted by molar-refractivity contribution is 0.233. The van der Waals surface area contributed by atoms with Crippen LogP contribution < -0.4 is 10.2 Å². The maximum Gasteiger partial charge on any atom is 0.229 e. The third-order valence-electron chi connectivity index (χ3n) is 2.40. The molecule has 0 spiro atoms. The number of nitrogens with one attached hydrogen (secondary N) is 1. The lowest BCUT2D eigenvalue weighted by Gasteiger charge is -2.24. The van der Waals surface area contributed by atoms with Crippen molar-refractivity contribution >= 4 is 11.9 Å². The van der Waals surface area contributed by atoms with Crippen molar-refractivity contribution in [2.75, 3.05) is 30.9 Å². The van der Waals surface area contributed by atoms with Crippen LogP contribution in [0.2, 0.25) is 0 Å². The van der Waals surface area contributed by atoms with Crippen molar-refractivity contribution < 1.29 is 5.11 Å². The van der Waals surface area contributed by atoms with Gasteiger partial charge in [0.1, 0.15) is 5.82 Å². The van der Waals surface area contributed by atoms with E-state index in [1.165, 1.54) is 0 Å². The zero-order chi connectivity index (χ0) is 13.9.